The molecule has 0 heterocycles. The summed E-state index contributed by atoms with van der Waals surface area (Å²) >= 11 is 0. The van der Waals surface area contributed by atoms with Gasteiger partial charge in [0.25, 0.3) is 0 Å². The van der Waals surface area contributed by atoms with E-state index >= 15 is 0 Å². The van der Waals surface area contributed by atoms with Gasteiger partial charge in [-0.2, -0.15) is 0 Å². The van der Waals surface area contributed by atoms with Gasteiger partial charge >= 0.3 is 0 Å². The summed E-state index contributed by atoms with van der Waals surface area (Å²) in [5.74, 6) is 0. The van der Waals surface area contributed by atoms with Crippen LogP contribution in [0.3, 0.4) is 0 Å². The van der Waals surface area contributed by atoms with Gasteiger partial charge in [-0.1, -0.05) is 43.3 Å². The quantitative estimate of drug-likeness (QED) is 0.834. The van der Waals surface area contributed by atoms with Crippen molar-refractivity contribution in [3.05, 3.63) is 59.7 Å². The standard InChI is InChI=1S/C16H20N2O2S/c1-3-13-9-10-15(17)11-16(13)21(19,20)18-12(2)14-7-5-4-6-8-14/h4-12,18H,3,17H2,1-2H3/t12-/m0/s1. The lowest BCUT2D eigenvalue weighted by Gasteiger charge is -2.16. The molecule has 1 atom stereocenters. The van der Waals surface area contributed by atoms with Crippen molar-refractivity contribution in [3.63, 3.8) is 0 Å². The Bertz CT molecular complexity index is 712. The zero-order valence-corrected chi connectivity index (χ0v) is 13.0. The first kappa shape index (κ1) is 15.5. The summed E-state index contributed by atoms with van der Waals surface area (Å²) in [5, 5.41) is 0. The molecule has 0 aromatic heterocycles. The van der Waals surface area contributed by atoms with Crippen molar-refractivity contribution in [3.8, 4) is 0 Å². The summed E-state index contributed by atoms with van der Waals surface area (Å²) in [6.07, 6.45) is 0.635. The van der Waals surface area contributed by atoms with Crippen LogP contribution in [0.1, 0.15) is 31.0 Å². The van der Waals surface area contributed by atoms with E-state index in [1.807, 2.05) is 44.2 Å². The molecular formula is C16H20N2O2S. The molecule has 112 valence electrons. The van der Waals surface area contributed by atoms with E-state index in [0.29, 0.717) is 12.1 Å². The zero-order chi connectivity index (χ0) is 15.5. The third-order valence-corrected chi connectivity index (χ3v) is 5.02. The predicted octanol–water partition coefficient (Wildman–Crippen LogP) is 2.87. The maximum Gasteiger partial charge on any atom is 0.241 e. The molecule has 0 aliphatic rings. The van der Waals surface area contributed by atoms with Crippen molar-refractivity contribution in [2.24, 2.45) is 0 Å². The van der Waals surface area contributed by atoms with E-state index in [1.165, 1.54) is 6.07 Å². The number of sulfonamides is 1. The fourth-order valence-corrected chi connectivity index (χ4v) is 3.80. The van der Waals surface area contributed by atoms with Gasteiger partial charge in [0.2, 0.25) is 10.0 Å². The number of nitrogen functional groups attached to an aromatic ring is 1. The van der Waals surface area contributed by atoms with E-state index < -0.39 is 10.0 Å². The molecule has 2 aromatic carbocycles. The van der Waals surface area contributed by atoms with Gasteiger partial charge in [0.15, 0.2) is 0 Å². The topological polar surface area (TPSA) is 72.2 Å². The smallest absolute Gasteiger partial charge is 0.241 e. The molecule has 0 spiro atoms. The van der Waals surface area contributed by atoms with Crippen LogP contribution in [0.5, 0.6) is 0 Å². The van der Waals surface area contributed by atoms with Gasteiger partial charge in [-0.15, -0.1) is 0 Å². The second kappa shape index (κ2) is 6.28. The molecule has 2 aromatic rings. The van der Waals surface area contributed by atoms with Crippen LogP contribution in [0.2, 0.25) is 0 Å². The van der Waals surface area contributed by atoms with Crippen molar-refractivity contribution in [2.75, 3.05) is 5.73 Å². The Morgan fingerprint density at radius 1 is 1.14 bits per heavy atom. The highest BCUT2D eigenvalue weighted by Gasteiger charge is 2.21. The lowest BCUT2D eigenvalue weighted by Crippen LogP contribution is -2.27. The minimum absolute atomic E-state index is 0.257. The van der Waals surface area contributed by atoms with Crippen molar-refractivity contribution in [1.82, 2.24) is 4.72 Å². The molecule has 0 saturated carbocycles. The lowest BCUT2D eigenvalue weighted by molar-refractivity contribution is 0.566. The zero-order valence-electron chi connectivity index (χ0n) is 12.2. The summed E-state index contributed by atoms with van der Waals surface area (Å²) in [4.78, 5) is 0.257. The highest BCUT2D eigenvalue weighted by atomic mass is 32.2. The van der Waals surface area contributed by atoms with Crippen LogP contribution in [-0.2, 0) is 16.4 Å². The molecule has 0 fully saturated rings. The van der Waals surface area contributed by atoms with Crippen molar-refractivity contribution in [2.45, 2.75) is 31.2 Å². The first-order valence-electron chi connectivity index (χ1n) is 6.89. The Kier molecular flexibility index (Phi) is 4.65. The van der Waals surface area contributed by atoms with Gasteiger partial charge in [0.1, 0.15) is 0 Å². The van der Waals surface area contributed by atoms with Crippen LogP contribution < -0.4 is 10.5 Å². The lowest BCUT2D eigenvalue weighted by atomic mass is 10.1. The van der Waals surface area contributed by atoms with Gasteiger partial charge in [0.05, 0.1) is 4.90 Å². The van der Waals surface area contributed by atoms with Gasteiger partial charge in [-0.25, -0.2) is 13.1 Å². The molecule has 3 N–H and O–H groups in total. The third-order valence-electron chi connectivity index (χ3n) is 3.39. The van der Waals surface area contributed by atoms with E-state index in [9.17, 15) is 8.42 Å². The van der Waals surface area contributed by atoms with Gasteiger partial charge < -0.3 is 5.73 Å². The van der Waals surface area contributed by atoms with Crippen LogP contribution in [0.15, 0.2) is 53.4 Å². The number of benzene rings is 2. The number of anilines is 1. The summed E-state index contributed by atoms with van der Waals surface area (Å²) in [5.41, 5.74) is 7.85. The minimum atomic E-state index is -3.60. The van der Waals surface area contributed by atoms with Crippen molar-refractivity contribution < 1.29 is 8.42 Å². The number of hydrogen-bond acceptors (Lipinski definition) is 3. The molecule has 0 radical (unpaired) electrons. The van der Waals surface area contributed by atoms with Crippen molar-refractivity contribution >= 4 is 15.7 Å². The van der Waals surface area contributed by atoms with Gasteiger partial charge in [-0.05, 0) is 36.6 Å². The van der Waals surface area contributed by atoms with E-state index in [4.69, 9.17) is 5.73 Å². The Balaban J connectivity index is 2.33. The number of hydrogen-bond donors (Lipinski definition) is 2. The Morgan fingerprint density at radius 2 is 1.81 bits per heavy atom. The number of nitrogens with two attached hydrogens (primary N) is 1. The van der Waals surface area contributed by atoms with E-state index in [0.717, 1.165) is 11.1 Å². The summed E-state index contributed by atoms with van der Waals surface area (Å²) in [7, 11) is -3.60. The SMILES string of the molecule is CCc1ccc(N)cc1S(=O)(=O)N[C@@H](C)c1ccccc1. The largest absolute Gasteiger partial charge is 0.399 e. The van der Waals surface area contributed by atoms with Crippen LogP contribution >= 0.6 is 0 Å². The maximum absolute atomic E-state index is 12.6. The second-order valence-electron chi connectivity index (χ2n) is 4.97. The average Bonchev–Trinajstić information content (AvgIpc) is 2.47. The number of nitrogens with one attached hydrogen (secondary N) is 1. The molecule has 0 bridgehead atoms. The fraction of sp³-hybridized carbons (Fsp3) is 0.250. The molecular weight excluding hydrogens is 284 g/mol. The first-order chi connectivity index (χ1) is 9.94. The minimum Gasteiger partial charge on any atom is -0.399 e. The molecule has 4 nitrogen and oxygen atoms in total. The van der Waals surface area contributed by atoms with E-state index in [2.05, 4.69) is 4.72 Å². The van der Waals surface area contributed by atoms with Crippen LogP contribution in [0.4, 0.5) is 5.69 Å². The Hall–Kier alpha value is -1.85. The van der Waals surface area contributed by atoms with Crippen LogP contribution in [0, 0.1) is 0 Å². The number of aryl methyl sites for hydroxylation is 1. The van der Waals surface area contributed by atoms with E-state index in [1.54, 1.807) is 12.1 Å². The summed E-state index contributed by atoms with van der Waals surface area (Å²) in [6, 6.07) is 14.2. The molecule has 21 heavy (non-hydrogen) atoms. The molecule has 0 saturated heterocycles. The molecule has 2 rings (SSSR count). The summed E-state index contributed by atoms with van der Waals surface area (Å²) in [6.45, 7) is 3.75. The molecule has 0 amide bonds. The third kappa shape index (κ3) is 3.62. The second-order valence-corrected chi connectivity index (χ2v) is 6.66. The number of rotatable bonds is 5. The maximum atomic E-state index is 12.6. The highest BCUT2D eigenvalue weighted by molar-refractivity contribution is 7.89. The molecule has 0 unspecified atom stereocenters. The molecule has 0 aliphatic carbocycles. The molecule has 0 aliphatic heterocycles. The van der Waals surface area contributed by atoms with Crippen LogP contribution in [-0.4, -0.2) is 8.42 Å². The molecule has 5 heteroatoms. The fourth-order valence-electron chi connectivity index (χ4n) is 2.22. The Labute approximate surface area is 126 Å². The van der Waals surface area contributed by atoms with Gasteiger partial charge in [0, 0.05) is 11.7 Å². The van der Waals surface area contributed by atoms with Gasteiger partial charge in [-0.3, -0.25) is 0 Å². The highest BCUT2D eigenvalue weighted by Crippen LogP contribution is 2.22. The normalized spacial score (nSPS) is 13.0. The average molecular weight is 304 g/mol. The van der Waals surface area contributed by atoms with Crippen molar-refractivity contribution in [1.29, 1.82) is 0 Å². The Morgan fingerprint density at radius 3 is 2.43 bits per heavy atom. The monoisotopic (exact) mass is 304 g/mol. The first-order valence-corrected chi connectivity index (χ1v) is 8.38. The van der Waals surface area contributed by atoms with Crippen LogP contribution in [0.25, 0.3) is 0 Å². The van der Waals surface area contributed by atoms with E-state index in [-0.39, 0.29) is 10.9 Å². The predicted molar refractivity (Wildman–Crippen MR) is 85.4 cm³/mol. The summed E-state index contributed by atoms with van der Waals surface area (Å²) < 4.78 is 27.9.